The van der Waals surface area contributed by atoms with Gasteiger partial charge in [-0.2, -0.15) is 0 Å². The molecule has 0 unspecified atom stereocenters. The molecule has 0 aliphatic heterocycles. The number of hydrogen-bond donors (Lipinski definition) is 0. The molecule has 0 spiro atoms. The molecule has 3 aromatic rings. The fraction of sp³-hybridized carbons (Fsp3) is 0.176. The third kappa shape index (κ3) is 2.63. The van der Waals surface area contributed by atoms with Crippen LogP contribution in [0.15, 0.2) is 57.4 Å². The molecule has 0 saturated heterocycles. The largest absolute Gasteiger partial charge is 0.466 e. The van der Waals surface area contributed by atoms with E-state index in [9.17, 15) is 0 Å². The molecule has 1 aromatic carbocycles. The van der Waals surface area contributed by atoms with E-state index in [0.717, 1.165) is 28.6 Å². The molecule has 19 heavy (non-hydrogen) atoms. The Bertz CT molecular complexity index is 671. The summed E-state index contributed by atoms with van der Waals surface area (Å²) in [6.07, 6.45) is 0.694. The van der Waals surface area contributed by atoms with Crippen molar-refractivity contribution in [3.8, 4) is 11.3 Å². The first-order valence-electron chi connectivity index (χ1n) is 6.42. The van der Waals surface area contributed by atoms with E-state index in [2.05, 4.69) is 31.2 Å². The van der Waals surface area contributed by atoms with Gasteiger partial charge in [0.1, 0.15) is 23.0 Å². The third-order valence-electron chi connectivity index (χ3n) is 3.14. The second-order valence-corrected chi connectivity index (χ2v) is 4.82. The Hall–Kier alpha value is -2.22. The highest BCUT2D eigenvalue weighted by molar-refractivity contribution is 5.57. The Labute approximate surface area is 112 Å². The van der Waals surface area contributed by atoms with Crippen LogP contribution in [0.4, 0.5) is 0 Å². The summed E-state index contributed by atoms with van der Waals surface area (Å²) in [5, 5.41) is 0. The summed E-state index contributed by atoms with van der Waals surface area (Å²) in [5.41, 5.74) is 2.36. The summed E-state index contributed by atoms with van der Waals surface area (Å²) in [4.78, 5) is 0. The lowest BCUT2D eigenvalue weighted by Crippen LogP contribution is -1.81. The van der Waals surface area contributed by atoms with E-state index < -0.39 is 0 Å². The van der Waals surface area contributed by atoms with Crippen LogP contribution in [0.1, 0.15) is 22.8 Å². The van der Waals surface area contributed by atoms with Gasteiger partial charge in [-0.3, -0.25) is 0 Å². The SMILES string of the molecule is Cc1ccc(-c2ccc(Cc3ccc(C)o3)o2)cc1. The maximum atomic E-state index is 5.86. The Morgan fingerprint density at radius 3 is 2.11 bits per heavy atom. The van der Waals surface area contributed by atoms with E-state index in [-0.39, 0.29) is 0 Å². The maximum Gasteiger partial charge on any atom is 0.134 e. The topological polar surface area (TPSA) is 26.3 Å². The van der Waals surface area contributed by atoms with Gasteiger partial charge in [0.15, 0.2) is 0 Å². The summed E-state index contributed by atoms with van der Waals surface area (Å²) < 4.78 is 11.4. The van der Waals surface area contributed by atoms with Gasteiger partial charge in [-0.05, 0) is 38.1 Å². The molecule has 2 aromatic heterocycles. The molecule has 0 atom stereocenters. The predicted molar refractivity (Wildman–Crippen MR) is 75.1 cm³/mol. The number of rotatable bonds is 3. The van der Waals surface area contributed by atoms with Crippen LogP contribution in [-0.4, -0.2) is 0 Å². The van der Waals surface area contributed by atoms with Gasteiger partial charge in [0.2, 0.25) is 0 Å². The van der Waals surface area contributed by atoms with Crippen molar-refractivity contribution in [2.24, 2.45) is 0 Å². The highest BCUT2D eigenvalue weighted by Crippen LogP contribution is 2.24. The van der Waals surface area contributed by atoms with Crippen molar-refractivity contribution in [3.05, 3.63) is 71.4 Å². The maximum absolute atomic E-state index is 5.86. The van der Waals surface area contributed by atoms with Crippen LogP contribution in [0.5, 0.6) is 0 Å². The van der Waals surface area contributed by atoms with Crippen molar-refractivity contribution in [1.29, 1.82) is 0 Å². The molecule has 96 valence electrons. The smallest absolute Gasteiger partial charge is 0.134 e. The Morgan fingerprint density at radius 1 is 0.737 bits per heavy atom. The highest BCUT2D eigenvalue weighted by Gasteiger charge is 2.07. The van der Waals surface area contributed by atoms with Crippen LogP contribution in [0, 0.1) is 13.8 Å². The number of furan rings is 2. The Morgan fingerprint density at radius 2 is 1.42 bits per heavy atom. The van der Waals surface area contributed by atoms with Crippen LogP contribution in [-0.2, 0) is 6.42 Å². The quantitative estimate of drug-likeness (QED) is 0.672. The van der Waals surface area contributed by atoms with Gasteiger partial charge in [0.25, 0.3) is 0 Å². The lowest BCUT2D eigenvalue weighted by molar-refractivity contribution is 0.465. The zero-order chi connectivity index (χ0) is 13.2. The zero-order valence-corrected chi connectivity index (χ0v) is 11.1. The molecule has 0 saturated carbocycles. The Kier molecular flexibility index (Phi) is 3.00. The van der Waals surface area contributed by atoms with Crippen LogP contribution >= 0.6 is 0 Å². The number of benzene rings is 1. The van der Waals surface area contributed by atoms with E-state index in [1.807, 2.05) is 31.2 Å². The first kappa shape index (κ1) is 11.8. The van der Waals surface area contributed by atoms with Crippen molar-refractivity contribution < 1.29 is 8.83 Å². The lowest BCUT2D eigenvalue weighted by Gasteiger charge is -1.98. The Balaban J connectivity index is 1.81. The van der Waals surface area contributed by atoms with E-state index in [1.54, 1.807) is 0 Å². The van der Waals surface area contributed by atoms with Gasteiger partial charge in [0, 0.05) is 5.56 Å². The van der Waals surface area contributed by atoms with Crippen molar-refractivity contribution in [2.75, 3.05) is 0 Å². The molecule has 0 N–H and O–H groups in total. The van der Waals surface area contributed by atoms with Gasteiger partial charge < -0.3 is 8.83 Å². The summed E-state index contributed by atoms with van der Waals surface area (Å²) in [5.74, 6) is 3.69. The molecule has 2 heterocycles. The van der Waals surface area contributed by atoms with Crippen molar-refractivity contribution in [3.63, 3.8) is 0 Å². The normalized spacial score (nSPS) is 10.8. The number of aryl methyl sites for hydroxylation is 2. The predicted octanol–water partition coefficient (Wildman–Crippen LogP) is 4.75. The van der Waals surface area contributed by atoms with E-state index >= 15 is 0 Å². The fourth-order valence-electron chi connectivity index (χ4n) is 2.10. The minimum absolute atomic E-state index is 0.694. The van der Waals surface area contributed by atoms with Gasteiger partial charge in [0.05, 0.1) is 6.42 Å². The molecule has 0 bridgehead atoms. The van der Waals surface area contributed by atoms with Crippen molar-refractivity contribution in [2.45, 2.75) is 20.3 Å². The van der Waals surface area contributed by atoms with Crippen LogP contribution in [0.25, 0.3) is 11.3 Å². The molecular formula is C17H16O2. The first-order chi connectivity index (χ1) is 9.20. The average Bonchev–Trinajstić information content (AvgIpc) is 3.00. The summed E-state index contributed by atoms with van der Waals surface area (Å²) >= 11 is 0. The first-order valence-corrected chi connectivity index (χ1v) is 6.42. The van der Waals surface area contributed by atoms with E-state index in [4.69, 9.17) is 8.83 Å². The van der Waals surface area contributed by atoms with Crippen LogP contribution in [0.2, 0.25) is 0 Å². The summed E-state index contributed by atoms with van der Waals surface area (Å²) in [6, 6.07) is 16.3. The molecule has 0 radical (unpaired) electrons. The molecule has 2 heteroatoms. The molecule has 0 aliphatic carbocycles. The molecule has 3 rings (SSSR count). The van der Waals surface area contributed by atoms with Crippen LogP contribution in [0.3, 0.4) is 0 Å². The molecule has 0 aliphatic rings. The van der Waals surface area contributed by atoms with Gasteiger partial charge in [-0.15, -0.1) is 0 Å². The number of hydrogen-bond acceptors (Lipinski definition) is 2. The van der Waals surface area contributed by atoms with E-state index in [1.165, 1.54) is 5.56 Å². The van der Waals surface area contributed by atoms with Crippen LogP contribution < -0.4 is 0 Å². The molecule has 0 amide bonds. The van der Waals surface area contributed by atoms with Gasteiger partial charge >= 0.3 is 0 Å². The average molecular weight is 252 g/mol. The summed E-state index contributed by atoms with van der Waals surface area (Å²) in [7, 11) is 0. The molecular weight excluding hydrogens is 236 g/mol. The lowest BCUT2D eigenvalue weighted by atomic mass is 10.1. The van der Waals surface area contributed by atoms with Crippen molar-refractivity contribution >= 4 is 0 Å². The standard InChI is InChI=1S/C17H16O2/c1-12-3-6-14(7-4-12)17-10-9-16(19-17)11-15-8-5-13(2)18-15/h3-10H,11H2,1-2H3. The second kappa shape index (κ2) is 4.81. The molecule has 0 fully saturated rings. The highest BCUT2D eigenvalue weighted by atomic mass is 16.4. The monoisotopic (exact) mass is 252 g/mol. The minimum atomic E-state index is 0.694. The third-order valence-corrected chi connectivity index (χ3v) is 3.14. The second-order valence-electron chi connectivity index (χ2n) is 4.82. The van der Waals surface area contributed by atoms with Gasteiger partial charge in [-0.25, -0.2) is 0 Å². The van der Waals surface area contributed by atoms with E-state index in [0.29, 0.717) is 6.42 Å². The minimum Gasteiger partial charge on any atom is -0.466 e. The fourth-order valence-corrected chi connectivity index (χ4v) is 2.10. The summed E-state index contributed by atoms with van der Waals surface area (Å²) in [6.45, 7) is 4.03. The van der Waals surface area contributed by atoms with Crippen molar-refractivity contribution in [1.82, 2.24) is 0 Å². The van der Waals surface area contributed by atoms with Gasteiger partial charge in [-0.1, -0.05) is 29.8 Å². The molecule has 2 nitrogen and oxygen atoms in total. The zero-order valence-electron chi connectivity index (χ0n) is 11.1.